The molecule has 0 amide bonds. The summed E-state index contributed by atoms with van der Waals surface area (Å²) >= 11 is 0. The minimum Gasteiger partial charge on any atom is -0.310 e. The number of rotatable bonds is 5. The second kappa shape index (κ2) is 5.13. The molecule has 0 saturated carbocycles. The summed E-state index contributed by atoms with van der Waals surface area (Å²) in [6, 6.07) is 11.0. The smallest absolute Gasteiger partial charge is 0.0219 e. The van der Waals surface area contributed by atoms with E-state index in [1.54, 1.807) is 0 Å². The van der Waals surface area contributed by atoms with Crippen molar-refractivity contribution in [2.24, 2.45) is 0 Å². The lowest BCUT2D eigenvalue weighted by Crippen LogP contribution is -2.36. The van der Waals surface area contributed by atoms with Gasteiger partial charge in [0, 0.05) is 18.0 Å². The topological polar surface area (TPSA) is 12.0 Å². The van der Waals surface area contributed by atoms with Gasteiger partial charge in [-0.3, -0.25) is 0 Å². The van der Waals surface area contributed by atoms with Crippen LogP contribution in [-0.2, 0) is 5.41 Å². The van der Waals surface area contributed by atoms with Crippen LogP contribution < -0.4 is 5.32 Å². The molecule has 1 N–H and O–H groups in total. The van der Waals surface area contributed by atoms with Gasteiger partial charge >= 0.3 is 0 Å². The molecule has 0 bridgehead atoms. The maximum atomic E-state index is 3.77. The minimum absolute atomic E-state index is 0.165. The first-order valence-electron chi connectivity index (χ1n) is 5.48. The molecular weight excluding hydrogens is 182 g/mol. The lowest BCUT2D eigenvalue weighted by molar-refractivity contribution is 0.455. The van der Waals surface area contributed by atoms with Gasteiger partial charge in [0.25, 0.3) is 0 Å². The van der Waals surface area contributed by atoms with Crippen LogP contribution in [0.25, 0.3) is 0 Å². The summed E-state index contributed by atoms with van der Waals surface area (Å²) in [6.07, 6.45) is 1.93. The molecule has 1 nitrogen and oxygen atoms in total. The van der Waals surface area contributed by atoms with Crippen molar-refractivity contribution in [2.75, 3.05) is 6.54 Å². The second-order valence-electron chi connectivity index (χ2n) is 4.66. The van der Waals surface area contributed by atoms with E-state index in [1.807, 2.05) is 6.08 Å². The predicted molar refractivity (Wildman–Crippen MR) is 67.1 cm³/mol. The second-order valence-corrected chi connectivity index (χ2v) is 4.66. The Labute approximate surface area is 93.2 Å². The van der Waals surface area contributed by atoms with Crippen molar-refractivity contribution in [3.8, 4) is 0 Å². The summed E-state index contributed by atoms with van der Waals surface area (Å²) in [6.45, 7) is 11.4. The lowest BCUT2D eigenvalue weighted by atomic mass is 9.84. The van der Waals surface area contributed by atoms with Crippen molar-refractivity contribution in [2.45, 2.75) is 32.2 Å². The van der Waals surface area contributed by atoms with E-state index in [1.165, 1.54) is 5.56 Å². The SMILES string of the molecule is C=CC(C)NCC(C)(C)c1ccccc1. The third kappa shape index (κ3) is 3.52. The van der Waals surface area contributed by atoms with Crippen LogP contribution in [0.15, 0.2) is 43.0 Å². The zero-order valence-electron chi connectivity index (χ0n) is 9.96. The lowest BCUT2D eigenvalue weighted by Gasteiger charge is -2.27. The van der Waals surface area contributed by atoms with Gasteiger partial charge in [-0.15, -0.1) is 6.58 Å². The van der Waals surface area contributed by atoms with Crippen LogP contribution in [0.5, 0.6) is 0 Å². The molecule has 1 unspecified atom stereocenters. The van der Waals surface area contributed by atoms with Gasteiger partial charge in [-0.1, -0.05) is 50.3 Å². The van der Waals surface area contributed by atoms with E-state index < -0.39 is 0 Å². The molecule has 0 aliphatic rings. The predicted octanol–water partition coefficient (Wildman–Crippen LogP) is 3.13. The molecule has 0 fully saturated rings. The molecule has 0 spiro atoms. The van der Waals surface area contributed by atoms with Crippen molar-refractivity contribution in [3.63, 3.8) is 0 Å². The van der Waals surface area contributed by atoms with Gasteiger partial charge in [-0.2, -0.15) is 0 Å². The van der Waals surface area contributed by atoms with Crippen LogP contribution in [0.4, 0.5) is 0 Å². The Hall–Kier alpha value is -1.08. The maximum absolute atomic E-state index is 3.77. The van der Waals surface area contributed by atoms with Crippen LogP contribution in [0, 0.1) is 0 Å². The van der Waals surface area contributed by atoms with Gasteiger partial charge in [-0.05, 0) is 12.5 Å². The molecule has 0 radical (unpaired) electrons. The van der Waals surface area contributed by atoms with E-state index in [-0.39, 0.29) is 5.41 Å². The van der Waals surface area contributed by atoms with Gasteiger partial charge in [0.15, 0.2) is 0 Å². The molecule has 0 heterocycles. The van der Waals surface area contributed by atoms with Crippen LogP contribution in [0.3, 0.4) is 0 Å². The van der Waals surface area contributed by atoms with E-state index in [4.69, 9.17) is 0 Å². The van der Waals surface area contributed by atoms with Crippen molar-refractivity contribution in [3.05, 3.63) is 48.6 Å². The van der Waals surface area contributed by atoms with Crippen LogP contribution in [-0.4, -0.2) is 12.6 Å². The van der Waals surface area contributed by atoms with E-state index >= 15 is 0 Å². The zero-order valence-corrected chi connectivity index (χ0v) is 9.96. The summed E-state index contributed by atoms with van der Waals surface area (Å²) in [5, 5.41) is 3.45. The molecule has 1 rings (SSSR count). The van der Waals surface area contributed by atoms with E-state index in [0.717, 1.165) is 6.54 Å². The Morgan fingerprint density at radius 3 is 2.47 bits per heavy atom. The van der Waals surface area contributed by atoms with Crippen molar-refractivity contribution in [1.29, 1.82) is 0 Å². The normalized spacial score (nSPS) is 13.5. The fraction of sp³-hybridized carbons (Fsp3) is 0.429. The van der Waals surface area contributed by atoms with Crippen molar-refractivity contribution >= 4 is 0 Å². The summed E-state index contributed by atoms with van der Waals surface area (Å²) in [4.78, 5) is 0. The molecule has 82 valence electrons. The van der Waals surface area contributed by atoms with Gasteiger partial charge in [0.2, 0.25) is 0 Å². The summed E-state index contributed by atoms with van der Waals surface area (Å²) < 4.78 is 0. The van der Waals surface area contributed by atoms with Crippen molar-refractivity contribution in [1.82, 2.24) is 5.32 Å². The quantitative estimate of drug-likeness (QED) is 0.725. The first-order valence-corrected chi connectivity index (χ1v) is 5.48. The first kappa shape index (κ1) is 12.0. The molecule has 0 saturated heterocycles. The molecule has 15 heavy (non-hydrogen) atoms. The molecule has 0 aromatic heterocycles. The fourth-order valence-electron chi connectivity index (χ4n) is 1.49. The highest BCUT2D eigenvalue weighted by Gasteiger charge is 2.19. The first-order chi connectivity index (χ1) is 7.06. The van der Waals surface area contributed by atoms with E-state index in [9.17, 15) is 0 Å². The molecule has 1 aromatic rings. The zero-order chi connectivity index (χ0) is 11.3. The Kier molecular flexibility index (Phi) is 4.10. The fourth-order valence-corrected chi connectivity index (χ4v) is 1.49. The summed E-state index contributed by atoms with van der Waals surface area (Å²) in [5.74, 6) is 0. The Bertz CT molecular complexity index is 300. The molecule has 1 heteroatoms. The van der Waals surface area contributed by atoms with Crippen LogP contribution >= 0.6 is 0 Å². The largest absolute Gasteiger partial charge is 0.310 e. The third-order valence-corrected chi connectivity index (χ3v) is 2.77. The van der Waals surface area contributed by atoms with Crippen LogP contribution in [0.1, 0.15) is 26.3 Å². The van der Waals surface area contributed by atoms with E-state index in [2.05, 4.69) is 63.0 Å². The Morgan fingerprint density at radius 2 is 1.93 bits per heavy atom. The van der Waals surface area contributed by atoms with Crippen molar-refractivity contribution < 1.29 is 0 Å². The molecule has 1 atom stereocenters. The number of hydrogen-bond acceptors (Lipinski definition) is 1. The Morgan fingerprint density at radius 1 is 1.33 bits per heavy atom. The molecular formula is C14H21N. The highest BCUT2D eigenvalue weighted by molar-refractivity contribution is 5.23. The summed E-state index contributed by atoms with van der Waals surface area (Å²) in [5.41, 5.74) is 1.53. The average Bonchev–Trinajstić information content (AvgIpc) is 2.27. The third-order valence-electron chi connectivity index (χ3n) is 2.77. The highest BCUT2D eigenvalue weighted by atomic mass is 14.9. The van der Waals surface area contributed by atoms with E-state index in [0.29, 0.717) is 6.04 Å². The Balaban J connectivity index is 2.63. The number of benzene rings is 1. The molecule has 1 aromatic carbocycles. The summed E-state index contributed by atoms with van der Waals surface area (Å²) in [7, 11) is 0. The van der Waals surface area contributed by atoms with Gasteiger partial charge in [0.05, 0.1) is 0 Å². The minimum atomic E-state index is 0.165. The number of nitrogens with one attached hydrogen (secondary N) is 1. The van der Waals surface area contributed by atoms with Crippen LogP contribution in [0.2, 0.25) is 0 Å². The van der Waals surface area contributed by atoms with Gasteiger partial charge < -0.3 is 5.32 Å². The van der Waals surface area contributed by atoms with Gasteiger partial charge in [-0.25, -0.2) is 0 Å². The van der Waals surface area contributed by atoms with Gasteiger partial charge in [0.1, 0.15) is 0 Å². The standard InChI is InChI=1S/C14H21N/c1-5-12(2)15-11-14(3,4)13-9-7-6-8-10-13/h5-10,12,15H,1,11H2,2-4H3. The highest BCUT2D eigenvalue weighted by Crippen LogP contribution is 2.21. The average molecular weight is 203 g/mol. The number of hydrogen-bond donors (Lipinski definition) is 1. The monoisotopic (exact) mass is 203 g/mol. The molecule has 0 aliphatic carbocycles. The maximum Gasteiger partial charge on any atom is 0.0219 e. The molecule has 0 aliphatic heterocycles.